The molecule has 1 aliphatic heterocycles. The van der Waals surface area contributed by atoms with Gasteiger partial charge in [-0.1, -0.05) is 12.1 Å². The monoisotopic (exact) mass is 278 g/mol. The fourth-order valence-electron chi connectivity index (χ4n) is 2.88. The fraction of sp³-hybridized carbons (Fsp3) is 0.625. The van der Waals surface area contributed by atoms with Gasteiger partial charge in [-0.05, 0) is 38.5 Å². The van der Waals surface area contributed by atoms with E-state index in [0.717, 1.165) is 24.4 Å². The molecular formula is C16H26N2O2. The number of hydrogen-bond donors (Lipinski definition) is 1. The van der Waals surface area contributed by atoms with Crippen molar-refractivity contribution in [2.24, 2.45) is 5.73 Å². The van der Waals surface area contributed by atoms with Crippen LogP contribution in [0.4, 0.5) is 0 Å². The molecule has 2 rings (SSSR count). The summed E-state index contributed by atoms with van der Waals surface area (Å²) in [6.07, 6.45) is 0.536. The molecule has 0 bridgehead atoms. The standard InChI is InChI=1S/C16H26N2O2/c1-11-9-18(10-12(2)20-11)13(3)16(17)14-5-7-15(19-4)8-6-14/h5-8,11-13,16H,9-10,17H2,1-4H3/t11-,12+,13?,16?. The summed E-state index contributed by atoms with van der Waals surface area (Å²) < 4.78 is 11.0. The summed E-state index contributed by atoms with van der Waals surface area (Å²) in [5, 5.41) is 0. The molecule has 0 radical (unpaired) electrons. The summed E-state index contributed by atoms with van der Waals surface area (Å²) in [5.74, 6) is 0.863. The minimum absolute atomic E-state index is 0.00148. The molecular weight excluding hydrogens is 252 g/mol. The van der Waals surface area contributed by atoms with Gasteiger partial charge < -0.3 is 15.2 Å². The molecule has 20 heavy (non-hydrogen) atoms. The number of benzene rings is 1. The SMILES string of the molecule is COc1ccc(C(N)C(C)N2C[C@@H](C)O[C@@H](C)C2)cc1. The number of nitrogens with two attached hydrogens (primary N) is 1. The van der Waals surface area contributed by atoms with E-state index in [1.54, 1.807) is 7.11 Å². The lowest BCUT2D eigenvalue weighted by atomic mass is 9.99. The first-order chi connectivity index (χ1) is 9.51. The molecule has 4 nitrogen and oxygen atoms in total. The molecule has 1 aromatic rings. The summed E-state index contributed by atoms with van der Waals surface area (Å²) >= 11 is 0. The van der Waals surface area contributed by atoms with E-state index in [0.29, 0.717) is 0 Å². The first-order valence-corrected chi connectivity index (χ1v) is 7.30. The number of morpholine rings is 1. The lowest BCUT2D eigenvalue weighted by Gasteiger charge is -2.41. The molecule has 112 valence electrons. The zero-order valence-corrected chi connectivity index (χ0v) is 12.9. The molecule has 0 spiro atoms. The normalized spacial score (nSPS) is 27.1. The highest BCUT2D eigenvalue weighted by Crippen LogP contribution is 2.23. The predicted octanol–water partition coefficient (Wildman–Crippen LogP) is 2.19. The second-order valence-corrected chi connectivity index (χ2v) is 5.75. The van der Waals surface area contributed by atoms with Crippen molar-refractivity contribution in [3.63, 3.8) is 0 Å². The van der Waals surface area contributed by atoms with Crippen molar-refractivity contribution in [2.75, 3.05) is 20.2 Å². The van der Waals surface area contributed by atoms with E-state index in [2.05, 4.69) is 25.7 Å². The van der Waals surface area contributed by atoms with Gasteiger partial charge in [0, 0.05) is 25.2 Å². The molecule has 1 heterocycles. The van der Waals surface area contributed by atoms with Gasteiger partial charge in [-0.25, -0.2) is 0 Å². The molecule has 4 atom stereocenters. The van der Waals surface area contributed by atoms with Gasteiger partial charge in [0.1, 0.15) is 5.75 Å². The Balaban J connectivity index is 2.04. The van der Waals surface area contributed by atoms with Crippen LogP contribution in [0.25, 0.3) is 0 Å². The van der Waals surface area contributed by atoms with E-state index in [4.69, 9.17) is 15.2 Å². The molecule has 1 aromatic carbocycles. The molecule has 0 aliphatic carbocycles. The van der Waals surface area contributed by atoms with Crippen LogP contribution in [0.1, 0.15) is 32.4 Å². The van der Waals surface area contributed by atoms with Crippen LogP contribution in [0.3, 0.4) is 0 Å². The molecule has 0 saturated carbocycles. The summed E-state index contributed by atoms with van der Waals surface area (Å²) in [5.41, 5.74) is 7.57. The molecule has 0 aromatic heterocycles. The maximum atomic E-state index is 6.43. The Morgan fingerprint density at radius 3 is 2.25 bits per heavy atom. The van der Waals surface area contributed by atoms with Crippen LogP contribution in [0.2, 0.25) is 0 Å². The number of hydrogen-bond acceptors (Lipinski definition) is 4. The molecule has 4 heteroatoms. The Labute approximate surface area is 121 Å². The first kappa shape index (κ1) is 15.3. The second kappa shape index (κ2) is 6.57. The quantitative estimate of drug-likeness (QED) is 0.917. The minimum atomic E-state index is -0.00148. The van der Waals surface area contributed by atoms with Crippen molar-refractivity contribution >= 4 is 0 Å². The van der Waals surface area contributed by atoms with E-state index in [1.165, 1.54) is 0 Å². The Kier molecular flexibility index (Phi) is 5.02. The van der Waals surface area contributed by atoms with Crippen LogP contribution in [-0.2, 0) is 4.74 Å². The van der Waals surface area contributed by atoms with Crippen LogP contribution >= 0.6 is 0 Å². The van der Waals surface area contributed by atoms with Crippen LogP contribution in [0, 0.1) is 0 Å². The van der Waals surface area contributed by atoms with Gasteiger partial charge in [0.05, 0.1) is 19.3 Å². The van der Waals surface area contributed by atoms with Crippen LogP contribution in [-0.4, -0.2) is 43.3 Å². The largest absolute Gasteiger partial charge is 0.497 e. The van der Waals surface area contributed by atoms with E-state index in [9.17, 15) is 0 Å². The molecule has 2 N–H and O–H groups in total. The van der Waals surface area contributed by atoms with Crippen molar-refractivity contribution in [2.45, 2.75) is 45.1 Å². The Hall–Kier alpha value is -1.10. The van der Waals surface area contributed by atoms with Crippen molar-refractivity contribution in [3.05, 3.63) is 29.8 Å². The molecule has 1 saturated heterocycles. The highest BCUT2D eigenvalue weighted by molar-refractivity contribution is 5.29. The molecule has 0 amide bonds. The van der Waals surface area contributed by atoms with E-state index >= 15 is 0 Å². The van der Waals surface area contributed by atoms with Gasteiger partial charge in [0.15, 0.2) is 0 Å². The third-order valence-electron chi connectivity index (χ3n) is 4.04. The second-order valence-electron chi connectivity index (χ2n) is 5.75. The first-order valence-electron chi connectivity index (χ1n) is 7.30. The number of nitrogens with zero attached hydrogens (tertiary/aromatic N) is 1. The van der Waals surface area contributed by atoms with Gasteiger partial charge >= 0.3 is 0 Å². The van der Waals surface area contributed by atoms with Crippen LogP contribution < -0.4 is 10.5 Å². The van der Waals surface area contributed by atoms with Gasteiger partial charge in [-0.2, -0.15) is 0 Å². The lowest BCUT2D eigenvalue weighted by Crippen LogP contribution is -2.52. The number of rotatable bonds is 4. The van der Waals surface area contributed by atoms with Gasteiger partial charge in [-0.15, -0.1) is 0 Å². The molecule has 1 aliphatic rings. The highest BCUT2D eigenvalue weighted by Gasteiger charge is 2.29. The highest BCUT2D eigenvalue weighted by atomic mass is 16.5. The lowest BCUT2D eigenvalue weighted by molar-refractivity contribution is -0.0809. The minimum Gasteiger partial charge on any atom is -0.497 e. The Bertz CT molecular complexity index is 411. The smallest absolute Gasteiger partial charge is 0.118 e. The van der Waals surface area contributed by atoms with E-state index in [1.807, 2.05) is 24.3 Å². The maximum Gasteiger partial charge on any atom is 0.118 e. The third-order valence-corrected chi connectivity index (χ3v) is 4.04. The van der Waals surface area contributed by atoms with Crippen molar-refractivity contribution in [1.29, 1.82) is 0 Å². The fourth-order valence-corrected chi connectivity index (χ4v) is 2.88. The summed E-state index contributed by atoms with van der Waals surface area (Å²) in [6, 6.07) is 8.31. The molecule has 2 unspecified atom stereocenters. The van der Waals surface area contributed by atoms with E-state index in [-0.39, 0.29) is 24.3 Å². The summed E-state index contributed by atoms with van der Waals surface area (Å²) in [7, 11) is 1.67. The van der Waals surface area contributed by atoms with Crippen LogP contribution in [0.15, 0.2) is 24.3 Å². The van der Waals surface area contributed by atoms with Gasteiger partial charge in [0.25, 0.3) is 0 Å². The number of methoxy groups -OCH3 is 1. The Morgan fingerprint density at radius 2 is 1.75 bits per heavy atom. The summed E-state index contributed by atoms with van der Waals surface area (Å²) in [6.45, 7) is 8.31. The predicted molar refractivity (Wildman–Crippen MR) is 81.0 cm³/mol. The van der Waals surface area contributed by atoms with Gasteiger partial charge in [0.2, 0.25) is 0 Å². The van der Waals surface area contributed by atoms with Gasteiger partial charge in [-0.3, -0.25) is 4.90 Å². The van der Waals surface area contributed by atoms with Crippen LogP contribution in [0.5, 0.6) is 5.75 Å². The number of ether oxygens (including phenoxy) is 2. The van der Waals surface area contributed by atoms with Crippen molar-refractivity contribution < 1.29 is 9.47 Å². The molecule has 1 fully saturated rings. The average molecular weight is 278 g/mol. The topological polar surface area (TPSA) is 47.7 Å². The zero-order valence-electron chi connectivity index (χ0n) is 12.9. The van der Waals surface area contributed by atoms with Crippen molar-refractivity contribution in [3.8, 4) is 5.75 Å². The third kappa shape index (κ3) is 3.51. The summed E-state index contributed by atoms with van der Waals surface area (Å²) in [4.78, 5) is 2.42. The van der Waals surface area contributed by atoms with E-state index < -0.39 is 0 Å². The van der Waals surface area contributed by atoms with Crippen molar-refractivity contribution in [1.82, 2.24) is 4.90 Å². The zero-order chi connectivity index (χ0) is 14.7. The Morgan fingerprint density at radius 1 is 1.20 bits per heavy atom. The maximum absolute atomic E-state index is 6.43. The average Bonchev–Trinajstić information content (AvgIpc) is 2.45.